The summed E-state index contributed by atoms with van der Waals surface area (Å²) < 4.78 is 0. The maximum Gasteiger partial charge on any atom is 0.264 e. The van der Waals surface area contributed by atoms with Crippen molar-refractivity contribution in [2.75, 3.05) is 26.2 Å². The van der Waals surface area contributed by atoms with Gasteiger partial charge in [0, 0.05) is 26.2 Å². The maximum atomic E-state index is 12.4. The zero-order valence-corrected chi connectivity index (χ0v) is 13.9. The van der Waals surface area contributed by atoms with Gasteiger partial charge in [-0.25, -0.2) is 0 Å². The SMILES string of the molecule is Cc1ccccc1C(C#N)N1CCN(C(=O)c2cccs2)CC1. The van der Waals surface area contributed by atoms with Crippen LogP contribution in [0.2, 0.25) is 0 Å². The van der Waals surface area contributed by atoms with E-state index in [0.29, 0.717) is 13.1 Å². The monoisotopic (exact) mass is 325 g/mol. The first-order valence-electron chi connectivity index (χ1n) is 7.72. The molecule has 5 heteroatoms. The molecule has 3 rings (SSSR count). The highest BCUT2D eigenvalue weighted by molar-refractivity contribution is 7.12. The molecule has 0 bridgehead atoms. The molecule has 1 atom stereocenters. The van der Waals surface area contributed by atoms with Crippen molar-refractivity contribution in [2.24, 2.45) is 0 Å². The van der Waals surface area contributed by atoms with E-state index in [2.05, 4.69) is 11.0 Å². The molecular weight excluding hydrogens is 306 g/mol. The highest BCUT2D eigenvalue weighted by Crippen LogP contribution is 2.25. The van der Waals surface area contributed by atoms with Crippen LogP contribution < -0.4 is 0 Å². The zero-order chi connectivity index (χ0) is 16.2. The Morgan fingerprint density at radius 1 is 1.17 bits per heavy atom. The van der Waals surface area contributed by atoms with E-state index in [-0.39, 0.29) is 11.9 Å². The molecule has 118 valence electrons. The van der Waals surface area contributed by atoms with Crippen LogP contribution in [0.4, 0.5) is 0 Å². The van der Waals surface area contributed by atoms with E-state index in [1.165, 1.54) is 11.3 Å². The third-order valence-electron chi connectivity index (χ3n) is 4.30. The van der Waals surface area contributed by atoms with E-state index < -0.39 is 0 Å². The third-order valence-corrected chi connectivity index (χ3v) is 5.16. The van der Waals surface area contributed by atoms with Crippen molar-refractivity contribution in [3.05, 3.63) is 57.8 Å². The van der Waals surface area contributed by atoms with E-state index >= 15 is 0 Å². The minimum Gasteiger partial charge on any atom is -0.335 e. The highest BCUT2D eigenvalue weighted by atomic mass is 32.1. The fourth-order valence-corrected chi connectivity index (χ4v) is 3.67. The molecule has 23 heavy (non-hydrogen) atoms. The summed E-state index contributed by atoms with van der Waals surface area (Å²) in [4.78, 5) is 17.2. The zero-order valence-electron chi connectivity index (χ0n) is 13.1. The number of carbonyl (C=O) groups is 1. The fourth-order valence-electron chi connectivity index (χ4n) is 2.98. The molecule has 0 N–H and O–H groups in total. The van der Waals surface area contributed by atoms with Crippen molar-refractivity contribution in [1.82, 2.24) is 9.80 Å². The van der Waals surface area contributed by atoms with Crippen LogP contribution in [-0.4, -0.2) is 41.9 Å². The minimum atomic E-state index is -0.241. The molecule has 1 amide bonds. The molecule has 2 aromatic rings. The fraction of sp³-hybridized carbons (Fsp3) is 0.333. The summed E-state index contributed by atoms with van der Waals surface area (Å²) in [6.07, 6.45) is 0. The van der Waals surface area contributed by atoms with Gasteiger partial charge < -0.3 is 4.90 Å². The van der Waals surface area contributed by atoms with E-state index in [4.69, 9.17) is 0 Å². The number of carbonyl (C=O) groups excluding carboxylic acids is 1. The molecule has 1 fully saturated rings. The van der Waals surface area contributed by atoms with Gasteiger partial charge in [-0.15, -0.1) is 11.3 Å². The molecule has 1 aromatic carbocycles. The molecule has 0 aliphatic carbocycles. The first kappa shape index (κ1) is 15.7. The van der Waals surface area contributed by atoms with Crippen LogP contribution in [-0.2, 0) is 0 Å². The molecule has 1 unspecified atom stereocenters. The highest BCUT2D eigenvalue weighted by Gasteiger charge is 2.28. The maximum absolute atomic E-state index is 12.4. The number of nitriles is 1. The number of hydrogen-bond acceptors (Lipinski definition) is 4. The Hall–Kier alpha value is -2.16. The number of hydrogen-bond donors (Lipinski definition) is 0. The van der Waals surface area contributed by atoms with Crippen LogP contribution in [0.15, 0.2) is 41.8 Å². The topological polar surface area (TPSA) is 47.3 Å². The Kier molecular flexibility index (Phi) is 4.75. The molecule has 2 heterocycles. The van der Waals surface area contributed by atoms with Crippen molar-refractivity contribution in [3.63, 3.8) is 0 Å². The second kappa shape index (κ2) is 6.95. The van der Waals surface area contributed by atoms with Gasteiger partial charge in [0.25, 0.3) is 5.91 Å². The van der Waals surface area contributed by atoms with E-state index in [0.717, 1.165) is 29.1 Å². The summed E-state index contributed by atoms with van der Waals surface area (Å²) in [5.41, 5.74) is 2.20. The summed E-state index contributed by atoms with van der Waals surface area (Å²) in [6.45, 7) is 4.82. The van der Waals surface area contributed by atoms with Gasteiger partial charge in [0.2, 0.25) is 0 Å². The predicted octanol–water partition coefficient (Wildman–Crippen LogP) is 3.08. The number of piperazine rings is 1. The van der Waals surface area contributed by atoms with Crippen molar-refractivity contribution in [3.8, 4) is 6.07 Å². The Bertz CT molecular complexity index is 712. The summed E-state index contributed by atoms with van der Waals surface area (Å²) in [7, 11) is 0. The van der Waals surface area contributed by atoms with Crippen molar-refractivity contribution >= 4 is 17.2 Å². The minimum absolute atomic E-state index is 0.101. The van der Waals surface area contributed by atoms with E-state index in [1.54, 1.807) is 0 Å². The number of nitrogens with zero attached hydrogens (tertiary/aromatic N) is 3. The molecule has 1 aliphatic heterocycles. The van der Waals surface area contributed by atoms with Gasteiger partial charge in [-0.3, -0.25) is 9.69 Å². The second-order valence-electron chi connectivity index (χ2n) is 5.69. The molecular formula is C18H19N3OS. The lowest BCUT2D eigenvalue weighted by molar-refractivity contribution is 0.0610. The van der Waals surface area contributed by atoms with Crippen molar-refractivity contribution in [1.29, 1.82) is 5.26 Å². The lowest BCUT2D eigenvalue weighted by Crippen LogP contribution is -2.49. The van der Waals surface area contributed by atoms with Crippen molar-refractivity contribution < 1.29 is 4.79 Å². The van der Waals surface area contributed by atoms with Crippen LogP contribution in [0.1, 0.15) is 26.8 Å². The summed E-state index contributed by atoms with van der Waals surface area (Å²) in [6, 6.07) is 14.0. The number of benzene rings is 1. The van der Waals surface area contributed by atoms with Gasteiger partial charge in [0.05, 0.1) is 10.9 Å². The predicted molar refractivity (Wildman–Crippen MR) is 91.3 cm³/mol. The number of thiophene rings is 1. The van der Waals surface area contributed by atoms with Gasteiger partial charge >= 0.3 is 0 Å². The van der Waals surface area contributed by atoms with Crippen molar-refractivity contribution in [2.45, 2.75) is 13.0 Å². The Morgan fingerprint density at radius 2 is 1.91 bits per heavy atom. The largest absolute Gasteiger partial charge is 0.335 e. The van der Waals surface area contributed by atoms with Crippen LogP contribution >= 0.6 is 11.3 Å². The van der Waals surface area contributed by atoms with E-state index in [1.807, 2.05) is 53.6 Å². The quantitative estimate of drug-likeness (QED) is 0.871. The van der Waals surface area contributed by atoms with Gasteiger partial charge in [-0.2, -0.15) is 5.26 Å². The molecule has 4 nitrogen and oxygen atoms in total. The average molecular weight is 325 g/mol. The average Bonchev–Trinajstić information content (AvgIpc) is 3.12. The van der Waals surface area contributed by atoms with Gasteiger partial charge in [0.15, 0.2) is 0 Å². The number of rotatable bonds is 3. The Labute approximate surface area is 140 Å². The smallest absolute Gasteiger partial charge is 0.264 e. The van der Waals surface area contributed by atoms with E-state index in [9.17, 15) is 10.1 Å². The van der Waals surface area contributed by atoms with Gasteiger partial charge in [-0.1, -0.05) is 30.3 Å². The van der Waals surface area contributed by atoms with Gasteiger partial charge in [0.1, 0.15) is 6.04 Å². The number of aryl methyl sites for hydroxylation is 1. The molecule has 1 aliphatic rings. The summed E-state index contributed by atoms with van der Waals surface area (Å²) in [5.74, 6) is 0.101. The number of amides is 1. The Morgan fingerprint density at radius 3 is 2.52 bits per heavy atom. The Balaban J connectivity index is 1.67. The van der Waals surface area contributed by atoms with Crippen LogP contribution in [0.5, 0.6) is 0 Å². The summed E-state index contributed by atoms with van der Waals surface area (Å²) >= 11 is 1.48. The lowest BCUT2D eigenvalue weighted by atomic mass is 10.0. The van der Waals surface area contributed by atoms with Crippen LogP contribution in [0.25, 0.3) is 0 Å². The molecule has 1 saturated heterocycles. The van der Waals surface area contributed by atoms with Crippen LogP contribution in [0, 0.1) is 18.3 Å². The normalized spacial score (nSPS) is 16.8. The second-order valence-corrected chi connectivity index (χ2v) is 6.64. The molecule has 1 aromatic heterocycles. The molecule has 0 spiro atoms. The third kappa shape index (κ3) is 3.29. The molecule has 0 radical (unpaired) electrons. The lowest BCUT2D eigenvalue weighted by Gasteiger charge is -2.37. The summed E-state index contributed by atoms with van der Waals surface area (Å²) in [5, 5.41) is 11.5. The standard InChI is InChI=1S/C18H19N3OS/c1-14-5-2-3-6-15(14)16(13-19)20-8-10-21(11-9-20)18(22)17-7-4-12-23-17/h2-7,12,16H,8-11H2,1H3. The van der Waals surface area contributed by atoms with Gasteiger partial charge in [-0.05, 0) is 29.5 Å². The van der Waals surface area contributed by atoms with Crippen LogP contribution in [0.3, 0.4) is 0 Å². The molecule has 0 saturated carbocycles. The first-order chi connectivity index (χ1) is 11.2. The first-order valence-corrected chi connectivity index (χ1v) is 8.60.